The van der Waals surface area contributed by atoms with Gasteiger partial charge in [-0.15, -0.1) is 0 Å². The largest absolute Gasteiger partial charge is 0.355 e. The van der Waals surface area contributed by atoms with Crippen LogP contribution in [0.3, 0.4) is 0 Å². The number of carbonyl (C=O) groups is 2. The molecule has 2 aliphatic heterocycles. The summed E-state index contributed by atoms with van der Waals surface area (Å²) < 4.78 is 28.5. The van der Waals surface area contributed by atoms with E-state index in [0.29, 0.717) is 29.1 Å². The smallest absolute Gasteiger partial charge is 0.265 e. The van der Waals surface area contributed by atoms with Crippen molar-refractivity contribution in [1.82, 2.24) is 20.1 Å². The zero-order valence-corrected chi connectivity index (χ0v) is 21.2. The Labute approximate surface area is 211 Å². The second-order valence-corrected chi connectivity index (χ2v) is 11.3. The molecule has 0 aromatic heterocycles. The van der Waals surface area contributed by atoms with Crippen LogP contribution in [0, 0.1) is 0 Å². The van der Waals surface area contributed by atoms with Crippen molar-refractivity contribution in [3.63, 3.8) is 0 Å². The molecule has 1 atom stereocenters. The molecule has 4 rings (SSSR count). The van der Waals surface area contributed by atoms with Gasteiger partial charge < -0.3 is 5.32 Å². The van der Waals surface area contributed by atoms with E-state index < -0.39 is 16.1 Å². The number of rotatable bonds is 7. The molecule has 2 amide bonds. The van der Waals surface area contributed by atoms with E-state index in [9.17, 15) is 18.0 Å². The number of nitrogens with one attached hydrogen (secondary N) is 2. The van der Waals surface area contributed by atoms with Gasteiger partial charge >= 0.3 is 0 Å². The quantitative estimate of drug-likeness (QED) is 0.586. The molecular weight excluding hydrogens is 488 g/mol. The Bertz CT molecular complexity index is 1130. The highest BCUT2D eigenvalue weighted by Gasteiger charge is 2.36. The van der Waals surface area contributed by atoms with Gasteiger partial charge in [0.05, 0.1) is 4.90 Å². The number of benzene rings is 2. The first-order valence-electron chi connectivity index (χ1n) is 12.0. The normalized spacial score (nSPS) is 19.7. The lowest BCUT2D eigenvalue weighted by atomic mass is 10.1. The number of amides is 2. The van der Waals surface area contributed by atoms with Gasteiger partial charge in [-0.1, -0.05) is 30.2 Å². The molecule has 0 aliphatic carbocycles. The van der Waals surface area contributed by atoms with E-state index in [1.807, 2.05) is 5.01 Å². The number of hydrogen-bond acceptors (Lipinski definition) is 5. The number of hydrazine groups is 1. The van der Waals surface area contributed by atoms with E-state index in [-0.39, 0.29) is 23.3 Å². The molecule has 8 nitrogen and oxygen atoms in total. The molecule has 2 aliphatic rings. The van der Waals surface area contributed by atoms with Gasteiger partial charge in [-0.3, -0.25) is 15.0 Å². The SMILES string of the molecule is O=C(NN1CCCCC1)c1ccc(CN(C2CCCCNC2=O)S(=O)(=O)c2ccc(Cl)cc2)cc1. The number of halogens is 1. The first-order valence-corrected chi connectivity index (χ1v) is 13.9. The van der Waals surface area contributed by atoms with Crippen LogP contribution >= 0.6 is 11.6 Å². The number of nitrogens with zero attached hydrogens (tertiary/aromatic N) is 2. The molecule has 0 radical (unpaired) electrons. The van der Waals surface area contributed by atoms with Gasteiger partial charge in [0.15, 0.2) is 0 Å². The zero-order valence-electron chi connectivity index (χ0n) is 19.6. The maximum atomic E-state index is 13.6. The Hall–Kier alpha value is -2.46. The molecule has 2 fully saturated rings. The summed E-state index contributed by atoms with van der Waals surface area (Å²) in [7, 11) is -3.98. The summed E-state index contributed by atoms with van der Waals surface area (Å²) in [6.07, 6.45) is 5.28. The molecule has 2 saturated heterocycles. The first-order chi connectivity index (χ1) is 16.8. The summed E-state index contributed by atoms with van der Waals surface area (Å²) in [5.41, 5.74) is 4.12. The van der Waals surface area contributed by atoms with Crippen LogP contribution in [0.1, 0.15) is 54.4 Å². The Morgan fingerprint density at radius 3 is 2.37 bits per heavy atom. The molecule has 2 aromatic rings. The molecular formula is C25H31ClN4O4S. The minimum Gasteiger partial charge on any atom is -0.355 e. The molecule has 188 valence electrons. The zero-order chi connectivity index (χ0) is 24.8. The van der Waals surface area contributed by atoms with Crippen molar-refractivity contribution in [3.05, 3.63) is 64.7 Å². The predicted molar refractivity (Wildman–Crippen MR) is 134 cm³/mol. The monoisotopic (exact) mass is 518 g/mol. The van der Waals surface area contributed by atoms with Crippen molar-refractivity contribution in [2.75, 3.05) is 19.6 Å². The average Bonchev–Trinajstić information content (AvgIpc) is 3.07. The summed E-state index contributed by atoms with van der Waals surface area (Å²) in [6.45, 7) is 2.22. The van der Waals surface area contributed by atoms with Crippen LogP contribution in [0.4, 0.5) is 0 Å². The Kier molecular flexibility index (Phi) is 8.43. The van der Waals surface area contributed by atoms with E-state index in [2.05, 4.69) is 10.7 Å². The molecule has 0 saturated carbocycles. The number of carbonyl (C=O) groups excluding carboxylic acids is 2. The maximum Gasteiger partial charge on any atom is 0.265 e. The minimum atomic E-state index is -3.98. The predicted octanol–water partition coefficient (Wildman–Crippen LogP) is 3.33. The fraction of sp³-hybridized carbons (Fsp3) is 0.440. The first kappa shape index (κ1) is 25.6. The van der Waals surface area contributed by atoms with E-state index >= 15 is 0 Å². The highest BCUT2D eigenvalue weighted by atomic mass is 35.5. The van der Waals surface area contributed by atoms with Gasteiger partial charge in [-0.05, 0) is 74.1 Å². The summed E-state index contributed by atoms with van der Waals surface area (Å²) in [5.74, 6) is -0.482. The summed E-state index contributed by atoms with van der Waals surface area (Å²) >= 11 is 5.96. The van der Waals surface area contributed by atoms with Gasteiger partial charge in [-0.2, -0.15) is 4.31 Å². The Morgan fingerprint density at radius 1 is 1.00 bits per heavy atom. The summed E-state index contributed by atoms with van der Waals surface area (Å²) in [5, 5.41) is 5.20. The highest BCUT2D eigenvalue weighted by molar-refractivity contribution is 7.89. The topological polar surface area (TPSA) is 98.8 Å². The van der Waals surface area contributed by atoms with Gasteiger partial charge in [0.1, 0.15) is 6.04 Å². The van der Waals surface area contributed by atoms with Gasteiger partial charge in [0.2, 0.25) is 15.9 Å². The molecule has 2 heterocycles. The van der Waals surface area contributed by atoms with Gasteiger partial charge in [-0.25, -0.2) is 13.4 Å². The van der Waals surface area contributed by atoms with Crippen molar-refractivity contribution in [1.29, 1.82) is 0 Å². The summed E-state index contributed by atoms with van der Waals surface area (Å²) in [4.78, 5) is 25.5. The Balaban J connectivity index is 1.56. The lowest BCUT2D eigenvalue weighted by molar-refractivity contribution is -0.124. The Morgan fingerprint density at radius 2 is 1.69 bits per heavy atom. The highest BCUT2D eigenvalue weighted by Crippen LogP contribution is 2.26. The van der Waals surface area contributed by atoms with Crippen molar-refractivity contribution >= 4 is 33.4 Å². The molecule has 1 unspecified atom stereocenters. The number of piperidine rings is 1. The molecule has 0 spiro atoms. The maximum absolute atomic E-state index is 13.6. The third-order valence-electron chi connectivity index (χ3n) is 6.44. The second kappa shape index (κ2) is 11.5. The van der Waals surface area contributed by atoms with Crippen LogP contribution in [0.25, 0.3) is 0 Å². The second-order valence-electron chi connectivity index (χ2n) is 8.99. The summed E-state index contributed by atoms with van der Waals surface area (Å²) in [6, 6.07) is 12.0. The number of hydrogen-bond donors (Lipinski definition) is 2. The van der Waals surface area contributed by atoms with E-state index in [1.54, 1.807) is 24.3 Å². The van der Waals surface area contributed by atoms with E-state index in [1.165, 1.54) is 35.0 Å². The third kappa shape index (κ3) is 6.41. The van der Waals surface area contributed by atoms with Crippen molar-refractivity contribution in [2.24, 2.45) is 0 Å². The minimum absolute atomic E-state index is 0.0110. The average molecular weight is 519 g/mol. The van der Waals surface area contributed by atoms with Crippen molar-refractivity contribution in [3.8, 4) is 0 Å². The number of sulfonamides is 1. The van der Waals surface area contributed by atoms with Crippen molar-refractivity contribution in [2.45, 2.75) is 56.0 Å². The van der Waals surface area contributed by atoms with Gasteiger partial charge in [0.25, 0.3) is 5.91 Å². The van der Waals surface area contributed by atoms with Crippen LogP contribution in [0.2, 0.25) is 5.02 Å². The van der Waals surface area contributed by atoms with E-state index in [4.69, 9.17) is 11.6 Å². The van der Waals surface area contributed by atoms with Crippen LogP contribution in [0.5, 0.6) is 0 Å². The standard InChI is InChI=1S/C25H31ClN4O4S/c26-21-11-13-22(14-12-21)35(33,34)30(23-6-2-3-15-27-25(23)32)18-19-7-9-20(10-8-19)24(31)28-29-16-4-1-5-17-29/h7-14,23H,1-6,15-18H2,(H,27,32)(H,28,31). The van der Waals surface area contributed by atoms with E-state index in [0.717, 1.165) is 38.8 Å². The fourth-order valence-electron chi connectivity index (χ4n) is 4.46. The molecule has 0 bridgehead atoms. The van der Waals surface area contributed by atoms with Gasteiger partial charge in [0, 0.05) is 36.8 Å². The van der Waals surface area contributed by atoms with Crippen LogP contribution < -0.4 is 10.7 Å². The molecule has 10 heteroatoms. The van der Waals surface area contributed by atoms with Crippen LogP contribution in [-0.2, 0) is 21.4 Å². The fourth-order valence-corrected chi connectivity index (χ4v) is 6.19. The third-order valence-corrected chi connectivity index (χ3v) is 8.57. The van der Waals surface area contributed by atoms with Crippen LogP contribution in [0.15, 0.2) is 53.4 Å². The lowest BCUT2D eigenvalue weighted by Crippen LogP contribution is -2.48. The van der Waals surface area contributed by atoms with Crippen LogP contribution in [-0.4, -0.2) is 55.2 Å². The molecule has 2 aromatic carbocycles. The molecule has 35 heavy (non-hydrogen) atoms. The molecule has 2 N–H and O–H groups in total. The van der Waals surface area contributed by atoms with Crippen molar-refractivity contribution < 1.29 is 18.0 Å². The lowest BCUT2D eigenvalue weighted by Gasteiger charge is -2.29.